The van der Waals surface area contributed by atoms with Gasteiger partial charge in [-0.15, -0.1) is 11.3 Å². The number of aromatic nitrogens is 2. The van der Waals surface area contributed by atoms with Crippen molar-refractivity contribution in [3.8, 4) is 0 Å². The Balaban J connectivity index is 1.65. The molecule has 122 valence electrons. The van der Waals surface area contributed by atoms with Gasteiger partial charge in [-0.25, -0.2) is 0 Å². The molecule has 0 aliphatic carbocycles. The summed E-state index contributed by atoms with van der Waals surface area (Å²) < 4.78 is 7.00. The normalized spacial score (nSPS) is 11.2. The Bertz CT molecular complexity index is 919. The van der Waals surface area contributed by atoms with Gasteiger partial charge in [-0.3, -0.25) is 4.79 Å². The van der Waals surface area contributed by atoms with E-state index in [4.69, 9.17) is 4.42 Å². The number of nitro groups is 1. The van der Waals surface area contributed by atoms with Gasteiger partial charge in [0.05, 0.1) is 22.2 Å². The third kappa shape index (κ3) is 3.66. The van der Waals surface area contributed by atoms with E-state index in [2.05, 4.69) is 5.10 Å². The molecule has 7 nitrogen and oxygen atoms in total. The molecule has 0 bridgehead atoms. The molecule has 3 rings (SSSR count). The van der Waals surface area contributed by atoms with E-state index in [1.54, 1.807) is 24.3 Å². The minimum atomic E-state index is -0.551. The van der Waals surface area contributed by atoms with Gasteiger partial charge in [0.1, 0.15) is 18.1 Å². The topological polar surface area (TPSA) is 91.2 Å². The molecular weight excluding hydrogens is 330 g/mol. The fourth-order valence-electron chi connectivity index (χ4n) is 2.07. The van der Waals surface area contributed by atoms with Crippen LogP contribution in [0.25, 0.3) is 6.08 Å². The van der Waals surface area contributed by atoms with Crippen LogP contribution in [0.1, 0.15) is 26.1 Å². The second-order valence-corrected chi connectivity index (χ2v) is 6.33. The van der Waals surface area contributed by atoms with Crippen LogP contribution in [0.4, 0.5) is 5.82 Å². The summed E-state index contributed by atoms with van der Waals surface area (Å²) in [6, 6.07) is 8.50. The summed E-state index contributed by atoms with van der Waals surface area (Å²) in [5.74, 6) is 0.840. The van der Waals surface area contributed by atoms with Gasteiger partial charge in [0.2, 0.25) is 0 Å². The number of nitrogens with zero attached hydrogens (tertiary/aromatic N) is 3. The third-order valence-corrected chi connectivity index (χ3v) is 4.21. The highest BCUT2D eigenvalue weighted by Gasteiger charge is 2.12. The summed E-state index contributed by atoms with van der Waals surface area (Å²) in [4.78, 5) is 23.8. The van der Waals surface area contributed by atoms with Gasteiger partial charge < -0.3 is 14.5 Å². The van der Waals surface area contributed by atoms with Gasteiger partial charge in [0, 0.05) is 4.88 Å². The number of hydrogen-bond acceptors (Lipinski definition) is 6. The molecule has 3 aromatic rings. The number of ketones is 1. The monoisotopic (exact) mass is 343 g/mol. The highest BCUT2D eigenvalue weighted by atomic mass is 32.1. The van der Waals surface area contributed by atoms with E-state index >= 15 is 0 Å². The predicted molar refractivity (Wildman–Crippen MR) is 89.1 cm³/mol. The highest BCUT2D eigenvalue weighted by Crippen LogP contribution is 2.17. The number of carbonyl (C=O) groups is 1. The Morgan fingerprint density at radius 2 is 2.21 bits per heavy atom. The van der Waals surface area contributed by atoms with E-state index in [0.29, 0.717) is 16.4 Å². The molecule has 0 spiro atoms. The molecule has 0 amide bonds. The van der Waals surface area contributed by atoms with Gasteiger partial charge in [0.25, 0.3) is 0 Å². The standard InChI is InChI=1S/C16H13N3O4S/c1-11-2-7-15(24-11)14(20)6-5-12-3-4-13(23-12)10-18-9-8-16(17-18)19(21)22/h2-9H,10H2,1H3/b6-5+. The van der Waals surface area contributed by atoms with Crippen molar-refractivity contribution in [3.05, 3.63) is 74.0 Å². The number of rotatable bonds is 6. The smallest absolute Gasteiger partial charge is 0.389 e. The van der Waals surface area contributed by atoms with E-state index in [9.17, 15) is 14.9 Å². The van der Waals surface area contributed by atoms with Gasteiger partial charge in [-0.2, -0.15) is 4.68 Å². The first kappa shape index (κ1) is 15.9. The van der Waals surface area contributed by atoms with Crippen molar-refractivity contribution >= 4 is 29.0 Å². The molecule has 0 unspecified atom stereocenters. The zero-order chi connectivity index (χ0) is 17.1. The first-order valence-electron chi connectivity index (χ1n) is 7.07. The summed E-state index contributed by atoms with van der Waals surface area (Å²) in [7, 11) is 0. The molecule has 0 N–H and O–H groups in total. The van der Waals surface area contributed by atoms with Crippen LogP contribution in [0.15, 0.2) is 47.0 Å². The zero-order valence-corrected chi connectivity index (χ0v) is 13.5. The lowest BCUT2D eigenvalue weighted by atomic mass is 10.3. The molecule has 3 heterocycles. The fourth-order valence-corrected chi connectivity index (χ4v) is 2.86. The lowest BCUT2D eigenvalue weighted by molar-refractivity contribution is -0.389. The van der Waals surface area contributed by atoms with Crippen LogP contribution < -0.4 is 0 Å². The van der Waals surface area contributed by atoms with Crippen molar-refractivity contribution in [2.45, 2.75) is 13.5 Å². The zero-order valence-electron chi connectivity index (χ0n) is 12.7. The van der Waals surface area contributed by atoms with Crippen LogP contribution in [0.2, 0.25) is 0 Å². The van der Waals surface area contributed by atoms with Crippen molar-refractivity contribution in [2.24, 2.45) is 0 Å². The Morgan fingerprint density at radius 3 is 2.88 bits per heavy atom. The Labute approximate surface area is 141 Å². The van der Waals surface area contributed by atoms with Crippen LogP contribution in [-0.4, -0.2) is 20.5 Å². The Hall–Kier alpha value is -3.00. The molecule has 0 aliphatic rings. The van der Waals surface area contributed by atoms with Crippen LogP contribution in [0, 0.1) is 17.0 Å². The average Bonchev–Trinajstić information content (AvgIpc) is 3.26. The lowest BCUT2D eigenvalue weighted by Gasteiger charge is -1.93. The molecule has 0 fully saturated rings. The summed E-state index contributed by atoms with van der Waals surface area (Å²) in [6.45, 7) is 2.23. The fraction of sp³-hybridized carbons (Fsp3) is 0.125. The molecule has 0 radical (unpaired) electrons. The number of aryl methyl sites for hydroxylation is 1. The van der Waals surface area contributed by atoms with Gasteiger partial charge in [0.15, 0.2) is 5.78 Å². The van der Waals surface area contributed by atoms with Gasteiger partial charge >= 0.3 is 5.82 Å². The van der Waals surface area contributed by atoms with Crippen molar-refractivity contribution < 1.29 is 14.1 Å². The van der Waals surface area contributed by atoms with Crippen LogP contribution in [0.3, 0.4) is 0 Å². The Kier molecular flexibility index (Phi) is 4.39. The summed E-state index contributed by atoms with van der Waals surface area (Å²) in [6.07, 6.45) is 4.58. The lowest BCUT2D eigenvalue weighted by Crippen LogP contribution is -2.00. The minimum Gasteiger partial charge on any atom is -0.460 e. The molecule has 3 aromatic heterocycles. The molecular formula is C16H13N3O4S. The largest absolute Gasteiger partial charge is 0.460 e. The SMILES string of the molecule is Cc1ccc(C(=O)/C=C/c2ccc(Cn3ccc([N+](=O)[O-])n3)o2)s1. The van der Waals surface area contributed by atoms with Gasteiger partial charge in [-0.1, -0.05) is 0 Å². The number of furan rings is 1. The molecule has 0 saturated heterocycles. The number of carbonyl (C=O) groups excluding carboxylic acids is 1. The van der Waals surface area contributed by atoms with Crippen molar-refractivity contribution in [1.82, 2.24) is 9.78 Å². The van der Waals surface area contributed by atoms with E-state index in [-0.39, 0.29) is 18.1 Å². The van der Waals surface area contributed by atoms with Crippen molar-refractivity contribution in [3.63, 3.8) is 0 Å². The molecule has 8 heteroatoms. The Morgan fingerprint density at radius 1 is 1.38 bits per heavy atom. The molecule has 24 heavy (non-hydrogen) atoms. The highest BCUT2D eigenvalue weighted by molar-refractivity contribution is 7.14. The van der Waals surface area contributed by atoms with E-state index in [0.717, 1.165) is 4.88 Å². The second kappa shape index (κ2) is 6.63. The predicted octanol–water partition coefficient (Wildman–Crippen LogP) is 3.70. The van der Waals surface area contributed by atoms with E-state index < -0.39 is 4.92 Å². The molecule has 0 atom stereocenters. The molecule has 0 aromatic carbocycles. The summed E-state index contributed by atoms with van der Waals surface area (Å²) >= 11 is 1.44. The number of allylic oxidation sites excluding steroid dienone is 1. The summed E-state index contributed by atoms with van der Waals surface area (Å²) in [5, 5.41) is 14.4. The maximum atomic E-state index is 12.0. The number of thiophene rings is 1. The average molecular weight is 343 g/mol. The van der Waals surface area contributed by atoms with Crippen molar-refractivity contribution in [2.75, 3.05) is 0 Å². The van der Waals surface area contributed by atoms with E-state index in [1.807, 2.05) is 13.0 Å². The number of hydrogen-bond donors (Lipinski definition) is 0. The maximum absolute atomic E-state index is 12.0. The van der Waals surface area contributed by atoms with Gasteiger partial charge in [-0.05, 0) is 48.3 Å². The molecule has 0 aliphatic heterocycles. The first-order chi connectivity index (χ1) is 11.5. The van der Waals surface area contributed by atoms with Crippen LogP contribution in [0.5, 0.6) is 0 Å². The van der Waals surface area contributed by atoms with E-state index in [1.165, 1.54) is 34.4 Å². The van der Waals surface area contributed by atoms with Crippen LogP contribution >= 0.6 is 11.3 Å². The quantitative estimate of drug-likeness (QED) is 0.294. The second-order valence-electron chi connectivity index (χ2n) is 5.04. The molecule has 0 saturated carbocycles. The first-order valence-corrected chi connectivity index (χ1v) is 7.88. The van der Waals surface area contributed by atoms with Crippen LogP contribution in [-0.2, 0) is 6.54 Å². The maximum Gasteiger partial charge on any atom is 0.389 e. The third-order valence-electron chi connectivity index (χ3n) is 3.20. The summed E-state index contributed by atoms with van der Waals surface area (Å²) in [5.41, 5.74) is 0. The minimum absolute atomic E-state index is 0.0752. The van der Waals surface area contributed by atoms with Crippen molar-refractivity contribution in [1.29, 1.82) is 0 Å².